The van der Waals surface area contributed by atoms with E-state index in [1.165, 1.54) is 12.1 Å². The van der Waals surface area contributed by atoms with Crippen LogP contribution in [-0.4, -0.2) is 12.5 Å². The molecular weight excluding hydrogens is 375 g/mol. The van der Waals surface area contributed by atoms with Gasteiger partial charge in [0.25, 0.3) is 0 Å². The Morgan fingerprint density at radius 2 is 1.78 bits per heavy atom. The minimum absolute atomic E-state index is 0.0366. The van der Waals surface area contributed by atoms with Gasteiger partial charge < -0.3 is 5.32 Å². The van der Waals surface area contributed by atoms with Crippen molar-refractivity contribution in [1.82, 2.24) is 5.32 Å². The van der Waals surface area contributed by atoms with Gasteiger partial charge in [-0.25, -0.2) is 0 Å². The Bertz CT molecular complexity index is 961. The van der Waals surface area contributed by atoms with Crippen LogP contribution in [0.5, 0.6) is 0 Å². The van der Waals surface area contributed by atoms with Gasteiger partial charge in [0.2, 0.25) is 5.91 Å². The Labute approximate surface area is 160 Å². The zero-order valence-corrected chi connectivity index (χ0v) is 15.3. The normalized spacial score (nSPS) is 19.4. The van der Waals surface area contributed by atoms with Crippen LogP contribution in [0.1, 0.15) is 30.0 Å². The van der Waals surface area contributed by atoms with Crippen LogP contribution in [0.15, 0.2) is 42.0 Å². The molecule has 1 unspecified atom stereocenters. The molecule has 0 spiro atoms. The highest BCUT2D eigenvalue weighted by molar-refractivity contribution is 6.31. The van der Waals surface area contributed by atoms with Crippen LogP contribution >= 0.6 is 11.6 Å². The number of benzene rings is 2. The molecule has 1 heterocycles. The van der Waals surface area contributed by atoms with Crippen LogP contribution in [0.2, 0.25) is 5.02 Å². The minimum Gasteiger partial charge on any atom is -0.352 e. The average Bonchev–Trinajstić information content (AvgIpc) is 2.61. The molecule has 0 radical (unpaired) electrons. The molecule has 1 aliphatic carbocycles. The van der Waals surface area contributed by atoms with E-state index in [1.54, 1.807) is 6.07 Å². The van der Waals surface area contributed by atoms with Crippen molar-refractivity contribution >= 4 is 23.1 Å². The van der Waals surface area contributed by atoms with Crippen LogP contribution in [0, 0.1) is 5.92 Å². The Morgan fingerprint density at radius 3 is 2.44 bits per heavy atom. The molecule has 6 heteroatoms. The summed E-state index contributed by atoms with van der Waals surface area (Å²) >= 11 is 6.31. The van der Waals surface area contributed by atoms with Gasteiger partial charge >= 0.3 is 6.18 Å². The van der Waals surface area contributed by atoms with Gasteiger partial charge in [-0.05, 0) is 77.8 Å². The standard InChI is InChI=1S/C21H17ClF3NO/c1-11-16-9-15(22)10-17(12-2-4-14(5-3-12)21(23,24)25)18(16)8-13-6-7-26-20(27)19(11)13/h2-5,9-10,13H,6-8H2,1H3,(H,26,27). The van der Waals surface area contributed by atoms with E-state index in [9.17, 15) is 18.0 Å². The van der Waals surface area contributed by atoms with Crippen molar-refractivity contribution in [1.29, 1.82) is 0 Å². The minimum atomic E-state index is -4.37. The number of fused-ring (bicyclic) bond motifs is 2. The summed E-state index contributed by atoms with van der Waals surface area (Å²) in [6.07, 6.45) is -2.83. The van der Waals surface area contributed by atoms with Gasteiger partial charge in [0.1, 0.15) is 0 Å². The molecule has 0 saturated carbocycles. The highest BCUT2D eigenvalue weighted by Crippen LogP contribution is 2.43. The summed E-state index contributed by atoms with van der Waals surface area (Å²) in [5, 5.41) is 3.39. The molecule has 1 aliphatic heterocycles. The Hall–Kier alpha value is -2.27. The van der Waals surface area contributed by atoms with Gasteiger partial charge in [-0.15, -0.1) is 0 Å². The number of alkyl halides is 3. The molecule has 2 aliphatic rings. The zero-order chi connectivity index (χ0) is 19.3. The first kappa shape index (κ1) is 18.1. The topological polar surface area (TPSA) is 29.1 Å². The second-order valence-electron chi connectivity index (χ2n) is 7.04. The number of nitrogens with one attached hydrogen (secondary N) is 1. The fourth-order valence-corrected chi connectivity index (χ4v) is 4.36. The molecule has 1 atom stereocenters. The van der Waals surface area contributed by atoms with E-state index in [-0.39, 0.29) is 11.8 Å². The summed E-state index contributed by atoms with van der Waals surface area (Å²) in [4.78, 5) is 12.3. The molecule has 2 nitrogen and oxygen atoms in total. The highest BCUT2D eigenvalue weighted by atomic mass is 35.5. The summed E-state index contributed by atoms with van der Waals surface area (Å²) in [6.45, 7) is 2.55. The molecule has 1 N–H and O–H groups in total. The molecular formula is C21H17ClF3NO. The maximum atomic E-state index is 12.9. The van der Waals surface area contributed by atoms with E-state index in [0.29, 0.717) is 23.6 Å². The van der Waals surface area contributed by atoms with E-state index < -0.39 is 11.7 Å². The molecule has 4 rings (SSSR count). The van der Waals surface area contributed by atoms with Crippen LogP contribution in [0.3, 0.4) is 0 Å². The summed E-state index contributed by atoms with van der Waals surface area (Å²) in [6, 6.07) is 8.78. The molecule has 0 bridgehead atoms. The first-order valence-corrected chi connectivity index (χ1v) is 9.13. The third-order valence-electron chi connectivity index (χ3n) is 5.43. The number of amides is 1. The number of piperidine rings is 1. The lowest BCUT2D eigenvalue weighted by molar-refractivity contribution is -0.137. The molecule has 2 aromatic carbocycles. The number of hydrogen-bond acceptors (Lipinski definition) is 1. The van der Waals surface area contributed by atoms with Crippen molar-refractivity contribution in [2.75, 3.05) is 6.54 Å². The average molecular weight is 392 g/mol. The molecule has 140 valence electrons. The lowest BCUT2D eigenvalue weighted by Crippen LogP contribution is -2.39. The molecule has 27 heavy (non-hydrogen) atoms. The van der Waals surface area contributed by atoms with E-state index >= 15 is 0 Å². The van der Waals surface area contributed by atoms with Gasteiger partial charge in [-0.1, -0.05) is 23.7 Å². The van der Waals surface area contributed by atoms with E-state index in [1.807, 2.05) is 13.0 Å². The lowest BCUT2D eigenvalue weighted by atomic mass is 9.74. The van der Waals surface area contributed by atoms with Crippen molar-refractivity contribution in [3.05, 3.63) is 63.7 Å². The van der Waals surface area contributed by atoms with Crippen LogP contribution in [0.25, 0.3) is 16.7 Å². The first-order valence-electron chi connectivity index (χ1n) is 8.75. The van der Waals surface area contributed by atoms with Crippen molar-refractivity contribution < 1.29 is 18.0 Å². The highest BCUT2D eigenvalue weighted by Gasteiger charge is 2.34. The Kier molecular flexibility index (Phi) is 4.30. The summed E-state index contributed by atoms with van der Waals surface area (Å²) in [7, 11) is 0. The van der Waals surface area contributed by atoms with Gasteiger partial charge in [-0.3, -0.25) is 4.79 Å². The van der Waals surface area contributed by atoms with Crippen LogP contribution in [0.4, 0.5) is 13.2 Å². The fourth-order valence-electron chi connectivity index (χ4n) is 4.14. The second-order valence-corrected chi connectivity index (χ2v) is 7.48. The molecule has 1 fully saturated rings. The third-order valence-corrected chi connectivity index (χ3v) is 5.65. The van der Waals surface area contributed by atoms with Gasteiger partial charge in [0.15, 0.2) is 0 Å². The number of carbonyl (C=O) groups is 1. The maximum absolute atomic E-state index is 12.9. The number of rotatable bonds is 1. The largest absolute Gasteiger partial charge is 0.416 e. The third kappa shape index (κ3) is 3.14. The lowest BCUT2D eigenvalue weighted by Gasteiger charge is -2.33. The number of allylic oxidation sites excluding steroid dienone is 1. The van der Waals surface area contributed by atoms with E-state index in [0.717, 1.165) is 46.4 Å². The van der Waals surface area contributed by atoms with Crippen LogP contribution < -0.4 is 5.32 Å². The summed E-state index contributed by atoms with van der Waals surface area (Å²) in [5.74, 6) is 0.0890. The predicted molar refractivity (Wildman–Crippen MR) is 99.3 cm³/mol. The first-order chi connectivity index (χ1) is 12.8. The molecule has 1 amide bonds. The molecule has 0 aromatic heterocycles. The van der Waals surface area contributed by atoms with Gasteiger partial charge in [0, 0.05) is 17.1 Å². The Balaban J connectivity index is 1.86. The smallest absolute Gasteiger partial charge is 0.352 e. The Morgan fingerprint density at radius 1 is 1.11 bits per heavy atom. The molecule has 2 aromatic rings. The zero-order valence-electron chi connectivity index (χ0n) is 14.6. The second kappa shape index (κ2) is 6.41. The SMILES string of the molecule is CC1=C2C(=O)NCCC2Cc2c1cc(Cl)cc2-c1ccc(C(F)(F)F)cc1. The molecule has 1 saturated heterocycles. The van der Waals surface area contributed by atoms with Gasteiger partial charge in [0.05, 0.1) is 5.56 Å². The van der Waals surface area contributed by atoms with Crippen LogP contribution in [-0.2, 0) is 17.4 Å². The van der Waals surface area contributed by atoms with E-state index in [4.69, 9.17) is 11.6 Å². The monoisotopic (exact) mass is 391 g/mol. The van der Waals surface area contributed by atoms with Crippen molar-refractivity contribution in [3.8, 4) is 11.1 Å². The summed E-state index contributed by atoms with van der Waals surface area (Å²) < 4.78 is 38.6. The fraction of sp³-hybridized carbons (Fsp3) is 0.286. The number of hydrogen-bond donors (Lipinski definition) is 1. The maximum Gasteiger partial charge on any atom is 0.416 e. The van der Waals surface area contributed by atoms with Crippen molar-refractivity contribution in [2.45, 2.75) is 25.9 Å². The van der Waals surface area contributed by atoms with Crippen molar-refractivity contribution in [3.63, 3.8) is 0 Å². The summed E-state index contributed by atoms with van der Waals surface area (Å²) in [5.41, 5.74) is 4.49. The number of halogens is 4. The van der Waals surface area contributed by atoms with Crippen molar-refractivity contribution in [2.24, 2.45) is 5.92 Å². The van der Waals surface area contributed by atoms with E-state index in [2.05, 4.69) is 5.32 Å². The quantitative estimate of drug-likeness (QED) is 0.684. The number of carbonyl (C=O) groups excluding carboxylic acids is 1. The van der Waals surface area contributed by atoms with Gasteiger partial charge in [-0.2, -0.15) is 13.2 Å². The predicted octanol–water partition coefficient (Wildman–Crippen LogP) is 5.49.